The van der Waals surface area contributed by atoms with Crippen molar-refractivity contribution in [2.75, 3.05) is 13.2 Å². The van der Waals surface area contributed by atoms with E-state index in [0.29, 0.717) is 15.8 Å². The first-order valence-corrected chi connectivity index (χ1v) is 6.74. The number of hydrogen-bond donors (Lipinski definition) is 1. The number of carbonyl (C=O) groups is 2. The maximum absolute atomic E-state index is 11.7. The van der Waals surface area contributed by atoms with Crippen LogP contribution in [0.2, 0.25) is 10.0 Å². The highest BCUT2D eigenvalue weighted by Crippen LogP contribution is 2.28. The van der Waals surface area contributed by atoms with Gasteiger partial charge in [0, 0.05) is 5.02 Å². The van der Waals surface area contributed by atoms with Gasteiger partial charge >= 0.3 is 5.97 Å². The average Bonchev–Trinajstić information content (AvgIpc) is 2.39. The van der Waals surface area contributed by atoms with E-state index in [1.54, 1.807) is 26.0 Å². The first-order chi connectivity index (χ1) is 9.43. The Bertz CT molecular complexity index is 493. The molecule has 0 heterocycles. The molecule has 1 N–H and O–H groups in total. The summed E-state index contributed by atoms with van der Waals surface area (Å²) >= 11 is 11.7. The zero-order valence-corrected chi connectivity index (χ0v) is 12.6. The molecule has 1 aromatic carbocycles. The van der Waals surface area contributed by atoms with Crippen molar-refractivity contribution in [3.05, 3.63) is 28.2 Å². The van der Waals surface area contributed by atoms with E-state index in [1.807, 2.05) is 0 Å². The lowest BCUT2D eigenvalue weighted by molar-refractivity contribution is -0.144. The molecule has 0 spiro atoms. The number of hydrogen-bond acceptors (Lipinski definition) is 4. The quantitative estimate of drug-likeness (QED) is 0.818. The standard InChI is InChI=1S/C13H15Cl2NO4/c1-3-19-12(17)7-16-13(18)8(2)20-11-5-4-9(14)6-10(11)15/h4-6,8H,3,7H2,1-2H3,(H,16,18). The van der Waals surface area contributed by atoms with E-state index in [-0.39, 0.29) is 13.2 Å². The second kappa shape index (κ2) is 7.97. The van der Waals surface area contributed by atoms with Crippen LogP contribution in [-0.4, -0.2) is 31.1 Å². The molecule has 1 amide bonds. The van der Waals surface area contributed by atoms with E-state index in [9.17, 15) is 9.59 Å². The highest BCUT2D eigenvalue weighted by atomic mass is 35.5. The van der Waals surface area contributed by atoms with Crippen LogP contribution in [0.25, 0.3) is 0 Å². The molecule has 0 aromatic heterocycles. The summed E-state index contributed by atoms with van der Waals surface area (Å²) in [5.74, 6) is -0.600. The fourth-order valence-electron chi connectivity index (χ4n) is 1.33. The predicted molar refractivity (Wildman–Crippen MR) is 76.2 cm³/mol. The summed E-state index contributed by atoms with van der Waals surface area (Å²) in [6, 6.07) is 4.69. The zero-order valence-electron chi connectivity index (χ0n) is 11.1. The van der Waals surface area contributed by atoms with Crippen molar-refractivity contribution in [3.8, 4) is 5.75 Å². The maximum Gasteiger partial charge on any atom is 0.325 e. The van der Waals surface area contributed by atoms with Gasteiger partial charge in [-0.3, -0.25) is 9.59 Å². The Morgan fingerprint density at radius 2 is 2.05 bits per heavy atom. The molecule has 20 heavy (non-hydrogen) atoms. The van der Waals surface area contributed by atoms with Crippen LogP contribution in [-0.2, 0) is 14.3 Å². The number of rotatable bonds is 6. The van der Waals surface area contributed by atoms with E-state index in [2.05, 4.69) is 5.32 Å². The molecule has 1 unspecified atom stereocenters. The summed E-state index contributed by atoms with van der Waals surface area (Å²) in [6.07, 6.45) is -0.803. The van der Waals surface area contributed by atoms with Gasteiger partial charge in [-0.2, -0.15) is 0 Å². The molecule has 0 saturated heterocycles. The molecule has 0 radical (unpaired) electrons. The maximum atomic E-state index is 11.7. The minimum absolute atomic E-state index is 0.200. The van der Waals surface area contributed by atoms with Crippen LogP contribution in [0.5, 0.6) is 5.75 Å². The highest BCUT2D eigenvalue weighted by molar-refractivity contribution is 6.35. The second-order valence-electron chi connectivity index (χ2n) is 3.86. The molecule has 110 valence electrons. The average molecular weight is 320 g/mol. The van der Waals surface area contributed by atoms with Crippen molar-refractivity contribution in [1.82, 2.24) is 5.32 Å². The minimum atomic E-state index is -0.803. The van der Waals surface area contributed by atoms with Crippen LogP contribution in [0.4, 0.5) is 0 Å². The van der Waals surface area contributed by atoms with Gasteiger partial charge in [-0.05, 0) is 32.0 Å². The predicted octanol–water partition coefficient (Wildman–Crippen LogP) is 2.44. The third-order valence-electron chi connectivity index (χ3n) is 2.28. The number of carbonyl (C=O) groups excluding carboxylic acids is 2. The van der Waals surface area contributed by atoms with Gasteiger partial charge in [0.1, 0.15) is 12.3 Å². The van der Waals surface area contributed by atoms with Crippen molar-refractivity contribution in [3.63, 3.8) is 0 Å². The largest absolute Gasteiger partial charge is 0.479 e. The Morgan fingerprint density at radius 3 is 2.65 bits per heavy atom. The molecule has 0 fully saturated rings. The first-order valence-electron chi connectivity index (χ1n) is 5.99. The molecular weight excluding hydrogens is 305 g/mol. The monoisotopic (exact) mass is 319 g/mol. The van der Waals surface area contributed by atoms with Gasteiger partial charge in [-0.15, -0.1) is 0 Å². The summed E-state index contributed by atoms with van der Waals surface area (Å²) < 4.78 is 10.1. The molecule has 0 aliphatic carbocycles. The lowest BCUT2D eigenvalue weighted by Crippen LogP contribution is -2.39. The number of amides is 1. The summed E-state index contributed by atoms with van der Waals surface area (Å²) in [4.78, 5) is 22.8. The number of nitrogens with one attached hydrogen (secondary N) is 1. The van der Waals surface area contributed by atoms with E-state index in [0.717, 1.165) is 0 Å². The van der Waals surface area contributed by atoms with Crippen molar-refractivity contribution < 1.29 is 19.1 Å². The summed E-state index contributed by atoms with van der Waals surface area (Å²) in [5.41, 5.74) is 0. The fourth-order valence-corrected chi connectivity index (χ4v) is 1.78. The topological polar surface area (TPSA) is 64.6 Å². The van der Waals surface area contributed by atoms with E-state index in [1.165, 1.54) is 6.07 Å². The third kappa shape index (κ3) is 5.27. The Kier molecular flexibility index (Phi) is 6.61. The van der Waals surface area contributed by atoms with Crippen molar-refractivity contribution >= 4 is 35.1 Å². The molecule has 0 bridgehead atoms. The van der Waals surface area contributed by atoms with Crippen molar-refractivity contribution in [1.29, 1.82) is 0 Å². The minimum Gasteiger partial charge on any atom is -0.479 e. The molecule has 1 rings (SSSR count). The molecule has 1 aromatic rings. The van der Waals surface area contributed by atoms with Gasteiger partial charge in [0.15, 0.2) is 6.10 Å². The van der Waals surface area contributed by atoms with E-state index >= 15 is 0 Å². The van der Waals surface area contributed by atoms with Crippen molar-refractivity contribution in [2.24, 2.45) is 0 Å². The first kappa shape index (κ1) is 16.6. The Labute approximate surface area is 127 Å². The number of benzene rings is 1. The van der Waals surface area contributed by atoms with Gasteiger partial charge in [-0.1, -0.05) is 23.2 Å². The van der Waals surface area contributed by atoms with Gasteiger partial charge in [0.25, 0.3) is 5.91 Å². The fraction of sp³-hybridized carbons (Fsp3) is 0.385. The SMILES string of the molecule is CCOC(=O)CNC(=O)C(C)Oc1ccc(Cl)cc1Cl. The smallest absolute Gasteiger partial charge is 0.325 e. The Balaban J connectivity index is 2.51. The van der Waals surface area contributed by atoms with Gasteiger partial charge in [-0.25, -0.2) is 0 Å². The summed E-state index contributed by atoms with van der Waals surface area (Å²) in [6.45, 7) is 3.30. The van der Waals surface area contributed by atoms with Gasteiger partial charge in [0.2, 0.25) is 0 Å². The molecular formula is C13H15Cl2NO4. The lowest BCUT2D eigenvalue weighted by atomic mass is 10.3. The van der Waals surface area contributed by atoms with Crippen LogP contribution in [0.15, 0.2) is 18.2 Å². The second-order valence-corrected chi connectivity index (χ2v) is 4.70. The lowest BCUT2D eigenvalue weighted by Gasteiger charge is -2.15. The van der Waals surface area contributed by atoms with Crippen molar-refractivity contribution in [2.45, 2.75) is 20.0 Å². The Morgan fingerprint density at radius 1 is 1.35 bits per heavy atom. The summed E-state index contributed by atoms with van der Waals surface area (Å²) in [5, 5.41) is 3.19. The summed E-state index contributed by atoms with van der Waals surface area (Å²) in [7, 11) is 0. The molecule has 0 aliphatic heterocycles. The highest BCUT2D eigenvalue weighted by Gasteiger charge is 2.17. The van der Waals surface area contributed by atoms with Crippen LogP contribution < -0.4 is 10.1 Å². The number of halogens is 2. The molecule has 1 atom stereocenters. The molecule has 0 saturated carbocycles. The van der Waals surface area contributed by atoms with Crippen LogP contribution in [0.3, 0.4) is 0 Å². The van der Waals surface area contributed by atoms with Crippen LogP contribution >= 0.6 is 23.2 Å². The zero-order chi connectivity index (χ0) is 15.1. The third-order valence-corrected chi connectivity index (χ3v) is 2.81. The van der Waals surface area contributed by atoms with Gasteiger partial charge < -0.3 is 14.8 Å². The van der Waals surface area contributed by atoms with E-state index < -0.39 is 18.0 Å². The number of ether oxygens (including phenoxy) is 2. The van der Waals surface area contributed by atoms with E-state index in [4.69, 9.17) is 32.7 Å². The van der Waals surface area contributed by atoms with Gasteiger partial charge in [0.05, 0.1) is 11.6 Å². The molecule has 5 nitrogen and oxygen atoms in total. The molecule has 0 aliphatic rings. The normalized spacial score (nSPS) is 11.6. The van der Waals surface area contributed by atoms with Crippen LogP contribution in [0.1, 0.15) is 13.8 Å². The van der Waals surface area contributed by atoms with Crippen LogP contribution in [0, 0.1) is 0 Å². The number of esters is 1. The molecule has 7 heteroatoms. The Hall–Kier alpha value is -1.46.